The minimum absolute atomic E-state index is 0.125. The lowest BCUT2D eigenvalue weighted by Crippen LogP contribution is -2.38. The first-order valence-corrected chi connectivity index (χ1v) is 14.4. The highest BCUT2D eigenvalue weighted by atomic mass is 79.9. The van der Waals surface area contributed by atoms with Gasteiger partial charge in [0.2, 0.25) is 0 Å². The molecule has 11 heteroatoms. The third-order valence-corrected chi connectivity index (χ3v) is 8.31. The summed E-state index contributed by atoms with van der Waals surface area (Å²) in [6.45, 7) is 2.02. The molecule has 1 aliphatic rings. The number of rotatable bonds is 9. The lowest BCUT2D eigenvalue weighted by Gasteiger charge is -2.25. The summed E-state index contributed by atoms with van der Waals surface area (Å²) in [5.74, 6) is -0.0610. The minimum atomic E-state index is -0.988. The first-order valence-electron chi connectivity index (χ1n) is 11.7. The van der Waals surface area contributed by atoms with Gasteiger partial charge in [0.15, 0.2) is 17.5 Å². The molecule has 0 N–H and O–H groups in total. The maximum atomic E-state index is 13.5. The fraction of sp³-hybridized carbons (Fsp3) is 0.179. The van der Waals surface area contributed by atoms with Gasteiger partial charge in [-0.1, -0.05) is 83.6 Å². The second-order valence-electron chi connectivity index (χ2n) is 8.14. The molecule has 39 heavy (non-hydrogen) atoms. The molecule has 3 aromatic rings. The fourth-order valence-electron chi connectivity index (χ4n) is 3.88. The molecule has 1 unspecified atom stereocenters. The number of carbonyl (C=O) groups excluding carboxylic acids is 2. The van der Waals surface area contributed by atoms with Crippen LogP contribution in [-0.4, -0.2) is 34.8 Å². The van der Waals surface area contributed by atoms with Crippen LogP contribution in [0.5, 0.6) is 11.5 Å². The summed E-state index contributed by atoms with van der Waals surface area (Å²) in [7, 11) is 1.52. The molecular weight excluding hydrogens is 645 g/mol. The molecule has 1 heterocycles. The Morgan fingerprint density at radius 1 is 1.13 bits per heavy atom. The molecule has 3 aromatic carbocycles. The van der Waals surface area contributed by atoms with Gasteiger partial charge in [-0.05, 0) is 64.3 Å². The van der Waals surface area contributed by atoms with Crippen LogP contribution in [0, 0.1) is 0 Å². The number of hydrogen-bond acceptors (Lipinski definition) is 7. The van der Waals surface area contributed by atoms with E-state index < -0.39 is 17.9 Å². The predicted molar refractivity (Wildman–Crippen MR) is 162 cm³/mol. The molecule has 0 spiro atoms. The van der Waals surface area contributed by atoms with E-state index in [9.17, 15) is 9.59 Å². The van der Waals surface area contributed by atoms with Crippen LogP contribution < -0.4 is 9.47 Å². The zero-order valence-electron chi connectivity index (χ0n) is 20.8. The number of hydrogen-bond donors (Lipinski definition) is 0. The topological polar surface area (TPSA) is 65.1 Å². The van der Waals surface area contributed by atoms with E-state index in [2.05, 4.69) is 15.9 Å². The Morgan fingerprint density at radius 3 is 2.46 bits per heavy atom. The number of benzene rings is 3. The number of carbonyl (C=O) groups is 2. The number of thiocarbonyl (C=S) groups is 1. The Balaban J connectivity index is 1.62. The molecule has 202 valence electrons. The largest absolute Gasteiger partial charge is 0.493 e. The van der Waals surface area contributed by atoms with Gasteiger partial charge in [-0.3, -0.25) is 9.69 Å². The molecular formula is C28H22BrCl2NO5S2. The van der Waals surface area contributed by atoms with Crippen LogP contribution in [0.4, 0.5) is 0 Å². The summed E-state index contributed by atoms with van der Waals surface area (Å²) >= 11 is 22.7. The highest BCUT2D eigenvalue weighted by molar-refractivity contribution is 9.10. The summed E-state index contributed by atoms with van der Waals surface area (Å²) in [6, 6.07) is 16.7. The van der Waals surface area contributed by atoms with E-state index >= 15 is 0 Å². The molecule has 0 bridgehead atoms. The van der Waals surface area contributed by atoms with Gasteiger partial charge in [-0.2, -0.15) is 0 Å². The van der Waals surface area contributed by atoms with E-state index in [1.807, 2.05) is 6.07 Å². The number of ether oxygens (including phenoxy) is 3. The Hall–Kier alpha value is -2.56. The first kappa shape index (κ1) is 29.4. The maximum Gasteiger partial charge on any atom is 0.333 e. The maximum absolute atomic E-state index is 13.5. The van der Waals surface area contributed by atoms with Crippen molar-refractivity contribution in [1.29, 1.82) is 0 Å². The molecule has 0 aromatic heterocycles. The molecule has 1 fully saturated rings. The van der Waals surface area contributed by atoms with Gasteiger partial charge < -0.3 is 14.2 Å². The first-order chi connectivity index (χ1) is 18.7. The van der Waals surface area contributed by atoms with Gasteiger partial charge in [0.05, 0.1) is 23.1 Å². The van der Waals surface area contributed by atoms with E-state index in [1.54, 1.807) is 67.6 Å². The Kier molecular flexibility index (Phi) is 9.96. The van der Waals surface area contributed by atoms with Crippen molar-refractivity contribution in [3.8, 4) is 11.5 Å². The van der Waals surface area contributed by atoms with Crippen molar-refractivity contribution >= 4 is 85.4 Å². The van der Waals surface area contributed by atoms with Gasteiger partial charge in [-0.25, -0.2) is 4.79 Å². The predicted octanol–water partition coefficient (Wildman–Crippen LogP) is 7.85. The van der Waals surface area contributed by atoms with E-state index in [4.69, 9.17) is 49.6 Å². The molecule has 1 amide bonds. The molecule has 6 nitrogen and oxygen atoms in total. The van der Waals surface area contributed by atoms with Crippen LogP contribution in [0.15, 0.2) is 70.0 Å². The second kappa shape index (κ2) is 13.2. The smallest absolute Gasteiger partial charge is 0.333 e. The Labute approximate surface area is 254 Å². The summed E-state index contributed by atoms with van der Waals surface area (Å²) < 4.78 is 17.7. The number of esters is 1. The van der Waals surface area contributed by atoms with Crippen LogP contribution in [0.25, 0.3) is 6.08 Å². The Bertz CT molecular complexity index is 1430. The van der Waals surface area contributed by atoms with Gasteiger partial charge in [0.1, 0.15) is 10.9 Å². The van der Waals surface area contributed by atoms with Crippen LogP contribution in [-0.2, 0) is 20.9 Å². The van der Waals surface area contributed by atoms with Gasteiger partial charge >= 0.3 is 5.97 Å². The summed E-state index contributed by atoms with van der Waals surface area (Å²) in [4.78, 5) is 28.1. The number of amides is 1. The van der Waals surface area contributed by atoms with E-state index in [0.717, 1.165) is 11.8 Å². The van der Waals surface area contributed by atoms with E-state index in [-0.39, 0.29) is 17.5 Å². The van der Waals surface area contributed by atoms with Crippen LogP contribution in [0.3, 0.4) is 0 Å². The van der Waals surface area contributed by atoms with Crippen LogP contribution in [0.1, 0.15) is 29.7 Å². The Morgan fingerprint density at radius 2 is 1.82 bits per heavy atom. The lowest BCUT2D eigenvalue weighted by molar-refractivity contribution is -0.151. The second-order valence-corrected chi connectivity index (χ2v) is 11.5. The van der Waals surface area contributed by atoms with Gasteiger partial charge in [0.25, 0.3) is 5.91 Å². The van der Waals surface area contributed by atoms with E-state index in [0.29, 0.717) is 47.6 Å². The summed E-state index contributed by atoms with van der Waals surface area (Å²) in [5, 5.41) is 0.987. The number of halogens is 3. The monoisotopic (exact) mass is 665 g/mol. The quantitative estimate of drug-likeness (QED) is 0.131. The minimum Gasteiger partial charge on any atom is -0.493 e. The normalized spacial score (nSPS) is 15.0. The van der Waals surface area contributed by atoms with Crippen molar-refractivity contribution < 1.29 is 23.8 Å². The molecule has 0 aliphatic carbocycles. The molecule has 0 radical (unpaired) electrons. The molecule has 1 atom stereocenters. The SMILES string of the molecule is CCOC(=O)C(c1ccccc1)N1C(=O)/C(=C/c2cc(Br)c(OCc3c(Cl)cccc3Cl)c(OC)c2)SC1=S. The molecule has 0 saturated carbocycles. The lowest BCUT2D eigenvalue weighted by atomic mass is 10.1. The number of nitrogens with zero attached hydrogens (tertiary/aromatic N) is 1. The highest BCUT2D eigenvalue weighted by Crippen LogP contribution is 2.42. The van der Waals surface area contributed by atoms with Crippen molar-refractivity contribution in [3.05, 3.63) is 96.8 Å². The zero-order valence-corrected chi connectivity index (χ0v) is 25.5. The van der Waals surface area contributed by atoms with Crippen molar-refractivity contribution in [3.63, 3.8) is 0 Å². The fourth-order valence-corrected chi connectivity index (χ4v) is 6.27. The summed E-state index contributed by atoms with van der Waals surface area (Å²) in [5.41, 5.74) is 1.92. The van der Waals surface area contributed by atoms with Crippen LogP contribution in [0.2, 0.25) is 10.0 Å². The number of thioether (sulfide) groups is 1. The van der Waals surface area contributed by atoms with Crippen molar-refractivity contribution in [2.24, 2.45) is 0 Å². The average molecular weight is 667 g/mol. The van der Waals surface area contributed by atoms with Gasteiger partial charge in [0, 0.05) is 15.6 Å². The standard InChI is InChI=1S/C28H22BrCl2NO5S2/c1-3-36-27(34)24(17-8-5-4-6-9-17)32-26(33)23(39-28(32)38)14-16-12-19(29)25(22(13-16)35-2)37-15-18-20(30)10-7-11-21(18)31/h4-14,24H,3,15H2,1-2H3/b23-14-. The van der Waals surface area contributed by atoms with E-state index in [1.165, 1.54) is 12.0 Å². The third-order valence-electron chi connectivity index (χ3n) is 5.68. The molecule has 1 saturated heterocycles. The van der Waals surface area contributed by atoms with Crippen molar-refractivity contribution in [2.45, 2.75) is 19.6 Å². The zero-order chi connectivity index (χ0) is 28.1. The molecule has 4 rings (SSSR count). The van der Waals surface area contributed by atoms with Crippen molar-refractivity contribution in [2.75, 3.05) is 13.7 Å². The number of methoxy groups -OCH3 is 1. The average Bonchev–Trinajstić information content (AvgIpc) is 3.17. The highest BCUT2D eigenvalue weighted by Gasteiger charge is 2.42. The summed E-state index contributed by atoms with van der Waals surface area (Å²) in [6.07, 6.45) is 1.69. The van der Waals surface area contributed by atoms with Crippen LogP contribution >= 0.6 is 63.1 Å². The molecule has 1 aliphatic heterocycles. The van der Waals surface area contributed by atoms with Crippen molar-refractivity contribution in [1.82, 2.24) is 4.90 Å². The third kappa shape index (κ3) is 6.61. The van der Waals surface area contributed by atoms with Gasteiger partial charge in [-0.15, -0.1) is 0 Å².